The van der Waals surface area contributed by atoms with E-state index < -0.39 is 0 Å². The Balaban J connectivity index is 1.43. The first-order valence-corrected chi connectivity index (χ1v) is 13.4. The van der Waals surface area contributed by atoms with E-state index in [4.69, 9.17) is 0 Å². The van der Waals surface area contributed by atoms with Gasteiger partial charge in [-0.3, -0.25) is 4.79 Å². The highest BCUT2D eigenvalue weighted by Gasteiger charge is 2.19. The lowest BCUT2D eigenvalue weighted by Gasteiger charge is -2.13. The number of ketones is 1. The quantitative estimate of drug-likeness (QED) is 0.208. The van der Waals surface area contributed by atoms with Gasteiger partial charge in [-0.1, -0.05) is 35.7 Å². The van der Waals surface area contributed by atoms with Crippen LogP contribution in [-0.2, 0) is 12.3 Å². The van der Waals surface area contributed by atoms with Crippen LogP contribution in [0.3, 0.4) is 0 Å². The number of aryl methyl sites for hydroxylation is 1. The van der Waals surface area contributed by atoms with Crippen molar-refractivity contribution in [3.05, 3.63) is 53.1 Å². The lowest BCUT2D eigenvalue weighted by atomic mass is 10.2. The summed E-state index contributed by atoms with van der Waals surface area (Å²) in [5.74, 6) is 2.09. The summed E-state index contributed by atoms with van der Waals surface area (Å²) in [4.78, 5) is 17.6. The molecule has 1 aromatic carbocycles. The molecule has 0 spiro atoms. The van der Waals surface area contributed by atoms with E-state index in [1.807, 2.05) is 31.2 Å². The van der Waals surface area contributed by atoms with E-state index in [0.29, 0.717) is 17.5 Å². The Kier molecular flexibility index (Phi) is 7.07. The summed E-state index contributed by atoms with van der Waals surface area (Å²) in [6.45, 7) is 11.2. The number of carbonyl (C=O) groups is 1. The van der Waals surface area contributed by atoms with Crippen LogP contribution < -0.4 is 0 Å². The number of nitrogens with zero attached hydrogens (tertiary/aromatic N) is 5. The van der Waals surface area contributed by atoms with Crippen molar-refractivity contribution in [2.45, 2.75) is 62.5 Å². The predicted molar refractivity (Wildman–Crippen MR) is 134 cm³/mol. The highest BCUT2D eigenvalue weighted by Crippen LogP contribution is 2.32. The Morgan fingerprint density at radius 3 is 2.62 bits per heavy atom. The van der Waals surface area contributed by atoms with Crippen LogP contribution in [0.2, 0.25) is 0 Å². The first-order chi connectivity index (χ1) is 15.4. The van der Waals surface area contributed by atoms with Gasteiger partial charge in [0.05, 0.1) is 21.7 Å². The summed E-state index contributed by atoms with van der Waals surface area (Å²) in [6, 6.07) is 10.5. The van der Waals surface area contributed by atoms with Crippen LogP contribution in [0.25, 0.3) is 10.2 Å². The van der Waals surface area contributed by atoms with Crippen molar-refractivity contribution < 1.29 is 4.79 Å². The van der Waals surface area contributed by atoms with Gasteiger partial charge in [0.25, 0.3) is 0 Å². The van der Waals surface area contributed by atoms with Gasteiger partial charge < -0.3 is 9.13 Å². The van der Waals surface area contributed by atoms with Crippen LogP contribution >= 0.6 is 34.9 Å². The zero-order valence-electron chi connectivity index (χ0n) is 19.0. The van der Waals surface area contributed by atoms with E-state index >= 15 is 0 Å². The second kappa shape index (κ2) is 9.80. The topological polar surface area (TPSA) is 65.6 Å². The summed E-state index contributed by atoms with van der Waals surface area (Å²) >= 11 is 4.84. The molecule has 4 rings (SSSR count). The van der Waals surface area contributed by atoms with E-state index in [2.05, 4.69) is 58.1 Å². The van der Waals surface area contributed by atoms with Crippen molar-refractivity contribution in [2.24, 2.45) is 0 Å². The highest BCUT2D eigenvalue weighted by atomic mass is 32.2. The van der Waals surface area contributed by atoms with E-state index in [0.717, 1.165) is 44.3 Å². The Hall–Kier alpha value is -2.10. The fraction of sp³-hybridized carbons (Fsp3) is 0.391. The maximum Gasteiger partial charge on any atom is 0.191 e. The number of rotatable bonds is 9. The molecule has 0 saturated carbocycles. The van der Waals surface area contributed by atoms with Crippen molar-refractivity contribution in [1.82, 2.24) is 24.3 Å². The van der Waals surface area contributed by atoms with Crippen LogP contribution in [0.4, 0.5) is 0 Å². The Morgan fingerprint density at radius 2 is 1.94 bits per heavy atom. The number of fused-ring (bicyclic) bond motifs is 1. The molecular formula is C23H27N5OS3. The van der Waals surface area contributed by atoms with Crippen LogP contribution in [0.1, 0.15) is 54.4 Å². The molecule has 0 saturated heterocycles. The Morgan fingerprint density at radius 1 is 1.16 bits per heavy atom. The zero-order chi connectivity index (χ0) is 22.8. The standard InChI is InChI=1S/C23H27N5OS3/c1-6-27-21(13-31-23-24-18-9-7-8-10-20(18)32-23)25-26-22(27)30-12-19(29)17-11-15(4)28(14(2)3)16(17)5/h7-11,14H,6,12-13H2,1-5H3. The molecule has 32 heavy (non-hydrogen) atoms. The molecule has 3 heterocycles. The molecule has 0 atom stereocenters. The lowest BCUT2D eigenvalue weighted by Crippen LogP contribution is -2.09. The number of thiazole rings is 1. The smallest absolute Gasteiger partial charge is 0.191 e. The number of para-hydroxylation sites is 1. The minimum Gasteiger partial charge on any atom is -0.346 e. The molecule has 0 aliphatic heterocycles. The van der Waals surface area contributed by atoms with E-state index in [1.165, 1.54) is 16.5 Å². The number of benzene rings is 1. The first-order valence-electron chi connectivity index (χ1n) is 10.6. The number of aromatic nitrogens is 5. The molecule has 0 N–H and O–H groups in total. The maximum atomic E-state index is 12.9. The molecule has 0 aliphatic carbocycles. The number of carbonyl (C=O) groups excluding carboxylic acids is 1. The molecule has 168 valence electrons. The van der Waals surface area contributed by atoms with Gasteiger partial charge >= 0.3 is 0 Å². The molecule has 6 nitrogen and oxygen atoms in total. The molecule has 4 aromatic rings. The summed E-state index contributed by atoms with van der Waals surface area (Å²) in [5.41, 5.74) is 3.99. The Labute approximate surface area is 200 Å². The summed E-state index contributed by atoms with van der Waals surface area (Å²) in [7, 11) is 0. The summed E-state index contributed by atoms with van der Waals surface area (Å²) in [5, 5.41) is 9.56. The van der Waals surface area contributed by atoms with Gasteiger partial charge in [-0.2, -0.15) is 0 Å². The first kappa shape index (κ1) is 23.1. The van der Waals surface area contributed by atoms with Crippen molar-refractivity contribution in [2.75, 3.05) is 5.75 Å². The molecule has 0 aliphatic rings. The van der Waals surface area contributed by atoms with E-state index in [-0.39, 0.29) is 5.78 Å². The average molecular weight is 486 g/mol. The molecular weight excluding hydrogens is 458 g/mol. The van der Waals surface area contributed by atoms with Crippen LogP contribution in [-0.4, -0.2) is 35.9 Å². The van der Waals surface area contributed by atoms with Gasteiger partial charge in [0, 0.05) is 29.5 Å². The van der Waals surface area contributed by atoms with Crippen molar-refractivity contribution in [1.29, 1.82) is 0 Å². The Bertz CT molecular complexity index is 1220. The number of hydrogen-bond acceptors (Lipinski definition) is 7. The number of hydrogen-bond donors (Lipinski definition) is 0. The minimum atomic E-state index is 0.131. The fourth-order valence-electron chi connectivity index (χ4n) is 3.95. The van der Waals surface area contributed by atoms with E-state index in [1.54, 1.807) is 23.1 Å². The predicted octanol–water partition coefficient (Wildman–Crippen LogP) is 6.17. The number of Topliss-reactive ketones (excluding diaryl/α,β-unsaturated/α-hetero) is 1. The summed E-state index contributed by atoms with van der Waals surface area (Å²) < 4.78 is 6.53. The second-order valence-electron chi connectivity index (χ2n) is 7.84. The molecule has 0 bridgehead atoms. The fourth-order valence-corrected chi connectivity index (χ4v) is 6.86. The SMILES string of the molecule is CCn1c(CSc2nc3ccccc3s2)nnc1SCC(=O)c1cc(C)n(C(C)C)c1C. The monoisotopic (exact) mass is 485 g/mol. The van der Waals surface area contributed by atoms with Crippen molar-refractivity contribution >= 4 is 50.9 Å². The highest BCUT2D eigenvalue weighted by molar-refractivity contribution is 8.00. The van der Waals surface area contributed by atoms with Gasteiger partial charge in [-0.05, 0) is 52.8 Å². The third-order valence-electron chi connectivity index (χ3n) is 5.34. The lowest BCUT2D eigenvalue weighted by molar-refractivity contribution is 0.102. The van der Waals surface area contributed by atoms with Crippen molar-refractivity contribution in [3.63, 3.8) is 0 Å². The molecule has 3 aromatic heterocycles. The molecule has 0 fully saturated rings. The molecule has 0 unspecified atom stereocenters. The van der Waals surface area contributed by atoms with E-state index in [9.17, 15) is 4.79 Å². The van der Waals surface area contributed by atoms with Gasteiger partial charge in [0.2, 0.25) is 0 Å². The molecule has 0 radical (unpaired) electrons. The van der Waals surface area contributed by atoms with Crippen LogP contribution in [0, 0.1) is 13.8 Å². The van der Waals surface area contributed by atoms with Gasteiger partial charge in [-0.15, -0.1) is 21.5 Å². The van der Waals surface area contributed by atoms with Crippen LogP contribution in [0.5, 0.6) is 0 Å². The van der Waals surface area contributed by atoms with Gasteiger partial charge in [0.1, 0.15) is 5.82 Å². The zero-order valence-corrected chi connectivity index (χ0v) is 21.4. The number of thioether (sulfide) groups is 2. The summed E-state index contributed by atoms with van der Waals surface area (Å²) in [6.07, 6.45) is 0. The van der Waals surface area contributed by atoms with Crippen molar-refractivity contribution in [3.8, 4) is 0 Å². The van der Waals surface area contributed by atoms with Gasteiger partial charge in [-0.25, -0.2) is 4.98 Å². The third-order valence-corrected chi connectivity index (χ3v) is 8.48. The molecule has 9 heteroatoms. The second-order valence-corrected chi connectivity index (χ2v) is 11.0. The normalized spacial score (nSPS) is 11.7. The van der Waals surface area contributed by atoms with Gasteiger partial charge in [0.15, 0.2) is 15.3 Å². The molecule has 0 amide bonds. The average Bonchev–Trinajstić information content (AvgIpc) is 3.44. The maximum absolute atomic E-state index is 12.9. The van der Waals surface area contributed by atoms with Crippen LogP contribution in [0.15, 0.2) is 39.8 Å². The third kappa shape index (κ3) is 4.65. The largest absolute Gasteiger partial charge is 0.346 e. The minimum absolute atomic E-state index is 0.131.